The number of methoxy groups -OCH3 is 1. The van der Waals surface area contributed by atoms with Crippen molar-refractivity contribution >= 4 is 10.9 Å². The maximum atomic E-state index is 13.4. The van der Waals surface area contributed by atoms with E-state index in [4.69, 9.17) is 10.5 Å². The standard InChI is InChI=1S/C12H13FN2O/c1-7-10(13)4-3-8-5-9(6-14)12(16-2)15-11(7)8/h3-5H,6,14H2,1-2H3. The number of halogens is 1. The van der Waals surface area contributed by atoms with Gasteiger partial charge < -0.3 is 10.5 Å². The molecule has 0 saturated carbocycles. The Morgan fingerprint density at radius 2 is 2.19 bits per heavy atom. The summed E-state index contributed by atoms with van der Waals surface area (Å²) in [7, 11) is 1.53. The predicted molar refractivity (Wildman–Crippen MR) is 60.9 cm³/mol. The van der Waals surface area contributed by atoms with Crippen molar-refractivity contribution in [1.29, 1.82) is 0 Å². The van der Waals surface area contributed by atoms with Crippen molar-refractivity contribution in [2.45, 2.75) is 13.5 Å². The molecule has 1 aromatic carbocycles. The minimum absolute atomic E-state index is 0.262. The molecule has 0 saturated heterocycles. The predicted octanol–water partition coefficient (Wildman–Crippen LogP) is 2.15. The molecule has 4 heteroatoms. The maximum absolute atomic E-state index is 13.4. The van der Waals surface area contributed by atoms with Crippen molar-refractivity contribution in [3.63, 3.8) is 0 Å². The zero-order valence-corrected chi connectivity index (χ0v) is 9.25. The summed E-state index contributed by atoms with van der Waals surface area (Å²) in [5, 5.41) is 0.875. The van der Waals surface area contributed by atoms with E-state index in [9.17, 15) is 4.39 Å². The van der Waals surface area contributed by atoms with Crippen LogP contribution < -0.4 is 10.5 Å². The molecule has 0 aliphatic rings. The number of nitrogens with zero attached hydrogens (tertiary/aromatic N) is 1. The molecule has 0 amide bonds. The highest BCUT2D eigenvalue weighted by molar-refractivity contribution is 5.83. The summed E-state index contributed by atoms with van der Waals surface area (Å²) < 4.78 is 18.5. The first-order valence-corrected chi connectivity index (χ1v) is 5.00. The molecule has 0 fully saturated rings. The maximum Gasteiger partial charge on any atom is 0.218 e. The first kappa shape index (κ1) is 10.8. The summed E-state index contributed by atoms with van der Waals surface area (Å²) in [6.45, 7) is 2.05. The number of benzene rings is 1. The monoisotopic (exact) mass is 220 g/mol. The van der Waals surface area contributed by atoms with E-state index in [0.717, 1.165) is 10.9 Å². The van der Waals surface area contributed by atoms with Gasteiger partial charge in [0, 0.05) is 23.1 Å². The van der Waals surface area contributed by atoms with Crippen LogP contribution in [0, 0.1) is 12.7 Å². The molecule has 2 N–H and O–H groups in total. The summed E-state index contributed by atoms with van der Waals surface area (Å²) in [5.41, 5.74) is 7.56. The second-order valence-corrected chi connectivity index (χ2v) is 3.60. The molecule has 1 heterocycles. The molecular weight excluding hydrogens is 207 g/mol. The van der Waals surface area contributed by atoms with Crippen molar-refractivity contribution in [3.05, 3.63) is 35.1 Å². The first-order chi connectivity index (χ1) is 7.67. The van der Waals surface area contributed by atoms with Gasteiger partial charge in [-0.15, -0.1) is 0 Å². The molecule has 3 nitrogen and oxygen atoms in total. The Kier molecular flexibility index (Phi) is 2.75. The second-order valence-electron chi connectivity index (χ2n) is 3.60. The van der Waals surface area contributed by atoms with Gasteiger partial charge in [-0.1, -0.05) is 0 Å². The SMILES string of the molecule is COc1nc2c(C)c(F)ccc2cc1CN. The quantitative estimate of drug-likeness (QED) is 0.843. The molecule has 0 atom stereocenters. The minimum Gasteiger partial charge on any atom is -0.481 e. The summed E-state index contributed by atoms with van der Waals surface area (Å²) in [6.07, 6.45) is 0. The molecule has 0 spiro atoms. The third-order valence-electron chi connectivity index (χ3n) is 2.63. The lowest BCUT2D eigenvalue weighted by Gasteiger charge is -2.09. The largest absolute Gasteiger partial charge is 0.481 e. The van der Waals surface area contributed by atoms with E-state index >= 15 is 0 Å². The lowest BCUT2D eigenvalue weighted by atomic mass is 10.1. The lowest BCUT2D eigenvalue weighted by molar-refractivity contribution is 0.394. The van der Waals surface area contributed by atoms with Gasteiger partial charge in [-0.05, 0) is 25.1 Å². The van der Waals surface area contributed by atoms with Gasteiger partial charge in [0.25, 0.3) is 0 Å². The summed E-state index contributed by atoms with van der Waals surface area (Å²) in [6, 6.07) is 5.02. The van der Waals surface area contributed by atoms with Gasteiger partial charge in [-0.25, -0.2) is 9.37 Å². The van der Waals surface area contributed by atoms with E-state index in [1.54, 1.807) is 13.0 Å². The Balaban J connectivity index is 2.78. The number of nitrogens with two attached hydrogens (primary N) is 1. The number of ether oxygens (including phenoxy) is 1. The van der Waals surface area contributed by atoms with Crippen LogP contribution in [-0.4, -0.2) is 12.1 Å². The molecule has 84 valence electrons. The molecule has 1 aromatic heterocycles. The molecule has 0 radical (unpaired) electrons. The van der Waals surface area contributed by atoms with E-state index in [0.29, 0.717) is 23.5 Å². The number of aryl methyl sites for hydroxylation is 1. The van der Waals surface area contributed by atoms with Gasteiger partial charge in [0.05, 0.1) is 12.6 Å². The van der Waals surface area contributed by atoms with Crippen molar-refractivity contribution < 1.29 is 9.13 Å². The molecule has 2 aromatic rings. The number of rotatable bonds is 2. The summed E-state index contributed by atoms with van der Waals surface area (Å²) >= 11 is 0. The van der Waals surface area contributed by atoms with E-state index in [2.05, 4.69) is 4.98 Å². The van der Waals surface area contributed by atoms with Crippen LogP contribution >= 0.6 is 0 Å². The Hall–Kier alpha value is -1.68. The van der Waals surface area contributed by atoms with Crippen LogP contribution in [0.15, 0.2) is 18.2 Å². The normalized spacial score (nSPS) is 10.8. The fraction of sp³-hybridized carbons (Fsp3) is 0.250. The number of hydrogen-bond acceptors (Lipinski definition) is 3. The molecular formula is C12H13FN2O. The van der Waals surface area contributed by atoms with Crippen LogP contribution in [-0.2, 0) is 6.54 Å². The number of pyridine rings is 1. The van der Waals surface area contributed by atoms with Crippen molar-refractivity contribution in [2.24, 2.45) is 5.73 Å². The zero-order chi connectivity index (χ0) is 11.7. The fourth-order valence-electron chi connectivity index (χ4n) is 1.71. The van der Waals surface area contributed by atoms with Gasteiger partial charge in [-0.2, -0.15) is 0 Å². The van der Waals surface area contributed by atoms with Crippen LogP contribution in [0.4, 0.5) is 4.39 Å². The zero-order valence-electron chi connectivity index (χ0n) is 9.25. The third kappa shape index (κ3) is 1.61. The van der Waals surface area contributed by atoms with Gasteiger partial charge >= 0.3 is 0 Å². The molecule has 0 bridgehead atoms. The van der Waals surface area contributed by atoms with Crippen molar-refractivity contribution in [3.8, 4) is 5.88 Å². The number of aromatic nitrogens is 1. The third-order valence-corrected chi connectivity index (χ3v) is 2.63. The van der Waals surface area contributed by atoms with E-state index in [1.165, 1.54) is 13.2 Å². The van der Waals surface area contributed by atoms with Crippen LogP contribution in [0.2, 0.25) is 0 Å². The van der Waals surface area contributed by atoms with Gasteiger partial charge in [0.1, 0.15) is 5.82 Å². The van der Waals surface area contributed by atoms with Gasteiger partial charge in [0.15, 0.2) is 0 Å². The van der Waals surface area contributed by atoms with E-state index in [1.807, 2.05) is 6.07 Å². The minimum atomic E-state index is -0.262. The number of hydrogen-bond donors (Lipinski definition) is 1. The average molecular weight is 220 g/mol. The number of fused-ring (bicyclic) bond motifs is 1. The summed E-state index contributed by atoms with van der Waals surface area (Å²) in [4.78, 5) is 4.28. The van der Waals surface area contributed by atoms with Gasteiger partial charge in [0.2, 0.25) is 5.88 Å². The van der Waals surface area contributed by atoms with Gasteiger partial charge in [-0.3, -0.25) is 0 Å². The highest BCUT2D eigenvalue weighted by Gasteiger charge is 2.09. The Labute approximate surface area is 93.0 Å². The Morgan fingerprint density at radius 1 is 1.44 bits per heavy atom. The topological polar surface area (TPSA) is 48.1 Å². The molecule has 0 unspecified atom stereocenters. The fourth-order valence-corrected chi connectivity index (χ4v) is 1.71. The molecule has 0 aliphatic carbocycles. The summed E-state index contributed by atoms with van der Waals surface area (Å²) in [5.74, 6) is 0.200. The molecule has 16 heavy (non-hydrogen) atoms. The molecule has 2 rings (SSSR count). The van der Waals surface area contributed by atoms with E-state index < -0.39 is 0 Å². The van der Waals surface area contributed by atoms with Crippen LogP contribution in [0.5, 0.6) is 5.88 Å². The van der Waals surface area contributed by atoms with Crippen LogP contribution in [0.1, 0.15) is 11.1 Å². The smallest absolute Gasteiger partial charge is 0.218 e. The Bertz CT molecular complexity index is 540. The second kappa shape index (κ2) is 4.06. The average Bonchev–Trinajstić information content (AvgIpc) is 2.32. The lowest BCUT2D eigenvalue weighted by Crippen LogP contribution is -2.02. The Morgan fingerprint density at radius 3 is 2.81 bits per heavy atom. The van der Waals surface area contributed by atoms with Crippen molar-refractivity contribution in [2.75, 3.05) is 7.11 Å². The van der Waals surface area contributed by atoms with E-state index in [-0.39, 0.29) is 5.82 Å². The van der Waals surface area contributed by atoms with Crippen molar-refractivity contribution in [1.82, 2.24) is 4.98 Å². The van der Waals surface area contributed by atoms with Crippen LogP contribution in [0.25, 0.3) is 10.9 Å². The highest BCUT2D eigenvalue weighted by atomic mass is 19.1. The first-order valence-electron chi connectivity index (χ1n) is 5.00. The highest BCUT2D eigenvalue weighted by Crippen LogP contribution is 2.25. The van der Waals surface area contributed by atoms with Crippen LogP contribution in [0.3, 0.4) is 0 Å². The molecule has 0 aliphatic heterocycles.